The Balaban J connectivity index is 2.20. The zero-order valence-corrected chi connectivity index (χ0v) is 14.8. The van der Waals surface area contributed by atoms with Crippen molar-refractivity contribution in [2.45, 2.75) is 13.5 Å². The van der Waals surface area contributed by atoms with Gasteiger partial charge in [0.25, 0.3) is 5.91 Å². The Morgan fingerprint density at radius 3 is 2.44 bits per heavy atom. The van der Waals surface area contributed by atoms with Crippen LogP contribution in [0.15, 0.2) is 30.3 Å². The summed E-state index contributed by atoms with van der Waals surface area (Å²) in [5, 5.41) is 0.439. The van der Waals surface area contributed by atoms with Gasteiger partial charge in [0.15, 0.2) is 0 Å². The van der Waals surface area contributed by atoms with E-state index >= 15 is 0 Å². The van der Waals surface area contributed by atoms with Crippen molar-refractivity contribution in [2.24, 2.45) is 0 Å². The summed E-state index contributed by atoms with van der Waals surface area (Å²) in [6.07, 6.45) is 0.731. The second kappa shape index (κ2) is 7.37. The Kier molecular flexibility index (Phi) is 5.64. The molecule has 0 aliphatic rings. The molecule has 0 aliphatic heterocycles. The molecule has 2 aromatic rings. The molecule has 0 atom stereocenters. The smallest absolute Gasteiger partial charge is 0.267 e. The normalized spacial score (nSPS) is 11.2. The maximum atomic E-state index is 14.1. The van der Waals surface area contributed by atoms with Gasteiger partial charge in [0.1, 0.15) is 24.0 Å². The Bertz CT molecular complexity index is 912. The lowest BCUT2D eigenvalue weighted by Crippen LogP contribution is -2.30. The zero-order valence-electron chi connectivity index (χ0n) is 13.3. The van der Waals surface area contributed by atoms with Crippen LogP contribution >= 0.6 is 11.6 Å². The van der Waals surface area contributed by atoms with Gasteiger partial charge >= 0.3 is 0 Å². The van der Waals surface area contributed by atoms with Crippen molar-refractivity contribution in [1.29, 1.82) is 0 Å². The fourth-order valence-corrected chi connectivity index (χ4v) is 2.77. The van der Waals surface area contributed by atoms with Crippen LogP contribution in [0.3, 0.4) is 0 Å². The van der Waals surface area contributed by atoms with Crippen LogP contribution in [0, 0.1) is 18.6 Å². The number of hydrogen-bond donors (Lipinski definition) is 1. The molecule has 0 radical (unpaired) electrons. The summed E-state index contributed by atoms with van der Waals surface area (Å²) in [6.45, 7) is 1.50. The van der Waals surface area contributed by atoms with Gasteiger partial charge < -0.3 is 4.74 Å². The summed E-state index contributed by atoms with van der Waals surface area (Å²) in [7, 11) is -3.89. The first-order valence-corrected chi connectivity index (χ1v) is 9.22. The summed E-state index contributed by atoms with van der Waals surface area (Å²) in [5.74, 6) is -2.84. The number of amides is 1. The van der Waals surface area contributed by atoms with E-state index in [-0.39, 0.29) is 12.2 Å². The van der Waals surface area contributed by atoms with Crippen LogP contribution in [-0.4, -0.2) is 20.6 Å². The molecule has 0 bridgehead atoms. The van der Waals surface area contributed by atoms with Crippen molar-refractivity contribution in [3.8, 4) is 5.75 Å². The molecule has 9 heteroatoms. The van der Waals surface area contributed by atoms with Gasteiger partial charge in [-0.15, -0.1) is 0 Å². The minimum absolute atomic E-state index is 0.133. The molecular weight excluding hydrogens is 376 g/mol. The standard InChI is InChI=1S/C16H14ClF2NO4S/c1-9-3-11(17)6-12(4-9)24-8-10-5-15(19)13(7-14(10)18)16(21)20-25(2,22)23/h3-7H,8H2,1-2H3,(H,20,21). The van der Waals surface area contributed by atoms with Gasteiger partial charge in [-0.25, -0.2) is 21.9 Å². The summed E-state index contributed by atoms with van der Waals surface area (Å²) in [4.78, 5) is 11.7. The largest absolute Gasteiger partial charge is 0.489 e. The van der Waals surface area contributed by atoms with Gasteiger partial charge in [-0.3, -0.25) is 4.79 Å². The third kappa shape index (κ3) is 5.40. The number of halogens is 3. The highest BCUT2D eigenvalue weighted by molar-refractivity contribution is 7.89. The fraction of sp³-hybridized carbons (Fsp3) is 0.188. The van der Waals surface area contributed by atoms with E-state index in [1.54, 1.807) is 23.8 Å². The molecule has 0 heterocycles. The number of benzene rings is 2. The topological polar surface area (TPSA) is 72.5 Å². The van der Waals surface area contributed by atoms with Gasteiger partial charge in [-0.2, -0.15) is 0 Å². The Labute approximate surface area is 148 Å². The first-order valence-electron chi connectivity index (χ1n) is 6.95. The summed E-state index contributed by atoms with van der Waals surface area (Å²) in [5.41, 5.74) is -0.0155. The molecule has 1 N–H and O–H groups in total. The first kappa shape index (κ1) is 19.1. The van der Waals surface area contributed by atoms with Gasteiger partial charge in [0, 0.05) is 10.6 Å². The average molecular weight is 390 g/mol. The van der Waals surface area contributed by atoms with Crippen molar-refractivity contribution >= 4 is 27.5 Å². The molecule has 0 aliphatic carbocycles. The van der Waals surface area contributed by atoms with Gasteiger partial charge in [-0.1, -0.05) is 11.6 Å². The predicted molar refractivity (Wildman–Crippen MR) is 89.2 cm³/mol. The molecule has 2 aromatic carbocycles. The minimum Gasteiger partial charge on any atom is -0.489 e. The monoisotopic (exact) mass is 389 g/mol. The lowest BCUT2D eigenvalue weighted by molar-refractivity contribution is 0.0977. The molecule has 0 fully saturated rings. The molecule has 0 saturated carbocycles. The molecule has 0 saturated heterocycles. The van der Waals surface area contributed by atoms with E-state index in [0.29, 0.717) is 16.8 Å². The number of nitrogens with one attached hydrogen (secondary N) is 1. The molecular formula is C16H14ClF2NO4S. The van der Waals surface area contributed by atoms with Crippen molar-refractivity contribution in [1.82, 2.24) is 4.72 Å². The van der Waals surface area contributed by atoms with Crippen LogP contribution in [0.25, 0.3) is 0 Å². The molecule has 134 valence electrons. The van der Waals surface area contributed by atoms with E-state index in [9.17, 15) is 22.0 Å². The highest BCUT2D eigenvalue weighted by Crippen LogP contribution is 2.23. The molecule has 25 heavy (non-hydrogen) atoms. The Morgan fingerprint density at radius 2 is 1.84 bits per heavy atom. The SMILES string of the molecule is Cc1cc(Cl)cc(OCc2cc(F)c(C(=O)NS(C)(=O)=O)cc2F)c1. The predicted octanol–water partition coefficient (Wildman–Crippen LogP) is 3.20. The third-order valence-corrected chi connectivity index (χ3v) is 3.84. The van der Waals surface area contributed by atoms with E-state index in [4.69, 9.17) is 16.3 Å². The lowest BCUT2D eigenvalue weighted by Gasteiger charge is -2.10. The second-order valence-corrected chi connectivity index (χ2v) is 7.56. The minimum atomic E-state index is -3.89. The molecule has 1 amide bonds. The number of ether oxygens (including phenoxy) is 1. The van der Waals surface area contributed by atoms with Crippen molar-refractivity contribution in [3.05, 3.63) is 63.7 Å². The summed E-state index contributed by atoms with van der Waals surface area (Å²) in [6, 6.07) is 6.32. The van der Waals surface area contributed by atoms with E-state index < -0.39 is 33.1 Å². The average Bonchev–Trinajstić information content (AvgIpc) is 2.44. The highest BCUT2D eigenvalue weighted by atomic mass is 35.5. The Morgan fingerprint density at radius 1 is 1.16 bits per heavy atom. The van der Waals surface area contributed by atoms with Gasteiger partial charge in [-0.05, 0) is 42.8 Å². The summed E-state index contributed by atoms with van der Waals surface area (Å²) >= 11 is 5.89. The number of carbonyl (C=O) groups excluding carboxylic acids is 1. The fourth-order valence-electron chi connectivity index (χ4n) is 2.04. The van der Waals surface area contributed by atoms with Gasteiger partial charge in [0.05, 0.1) is 11.8 Å². The molecule has 0 spiro atoms. The maximum absolute atomic E-state index is 14.1. The second-order valence-electron chi connectivity index (χ2n) is 5.38. The number of aryl methyl sites for hydroxylation is 1. The zero-order chi connectivity index (χ0) is 18.8. The van der Waals surface area contributed by atoms with Crippen LogP contribution < -0.4 is 9.46 Å². The van der Waals surface area contributed by atoms with Crippen LogP contribution in [-0.2, 0) is 16.6 Å². The van der Waals surface area contributed by atoms with Crippen LogP contribution in [0.2, 0.25) is 5.02 Å². The number of hydrogen-bond acceptors (Lipinski definition) is 4. The molecule has 0 unspecified atom stereocenters. The van der Waals surface area contributed by atoms with Crippen molar-refractivity contribution < 1.29 is 26.7 Å². The number of sulfonamides is 1. The third-order valence-electron chi connectivity index (χ3n) is 3.07. The number of carbonyl (C=O) groups is 1. The molecule has 2 rings (SSSR count). The quantitative estimate of drug-likeness (QED) is 0.852. The number of rotatable bonds is 5. The highest BCUT2D eigenvalue weighted by Gasteiger charge is 2.19. The summed E-state index contributed by atoms with van der Waals surface area (Å²) < 4.78 is 57.1. The van der Waals surface area contributed by atoms with E-state index in [2.05, 4.69) is 0 Å². The van der Waals surface area contributed by atoms with Crippen LogP contribution in [0.4, 0.5) is 8.78 Å². The van der Waals surface area contributed by atoms with E-state index in [1.807, 2.05) is 0 Å². The Hall–Kier alpha value is -2.19. The maximum Gasteiger partial charge on any atom is 0.267 e. The molecule has 0 aromatic heterocycles. The van der Waals surface area contributed by atoms with Crippen molar-refractivity contribution in [3.63, 3.8) is 0 Å². The van der Waals surface area contributed by atoms with E-state index in [1.165, 1.54) is 6.07 Å². The first-order chi connectivity index (χ1) is 11.5. The molecule has 5 nitrogen and oxygen atoms in total. The van der Waals surface area contributed by atoms with Crippen LogP contribution in [0.5, 0.6) is 5.75 Å². The van der Waals surface area contributed by atoms with Crippen LogP contribution in [0.1, 0.15) is 21.5 Å². The van der Waals surface area contributed by atoms with Crippen molar-refractivity contribution in [2.75, 3.05) is 6.26 Å². The van der Waals surface area contributed by atoms with Gasteiger partial charge in [0.2, 0.25) is 10.0 Å². The van der Waals surface area contributed by atoms with E-state index in [0.717, 1.165) is 17.9 Å². The lowest BCUT2D eigenvalue weighted by atomic mass is 10.1.